The number of thiophene rings is 1. The van der Waals surface area contributed by atoms with E-state index in [9.17, 15) is 0 Å². The second-order valence-corrected chi connectivity index (χ2v) is 11.5. The van der Waals surface area contributed by atoms with Gasteiger partial charge in [-0.3, -0.25) is 0 Å². The average Bonchev–Trinajstić information content (AvgIpc) is 3.40. The molecule has 0 radical (unpaired) electrons. The maximum absolute atomic E-state index is 6.49. The highest BCUT2D eigenvalue weighted by Crippen LogP contribution is 2.41. The average molecular weight is 528 g/mol. The minimum Gasteiger partial charge on any atom is -0.458 e. The first-order chi connectivity index (χ1) is 19.8. The summed E-state index contributed by atoms with van der Waals surface area (Å²) >= 11 is 1.87. The van der Waals surface area contributed by atoms with E-state index in [1.807, 2.05) is 23.5 Å². The van der Waals surface area contributed by atoms with Crippen LogP contribution in [0.3, 0.4) is 0 Å². The summed E-state index contributed by atoms with van der Waals surface area (Å²) in [7, 11) is 0. The molecule has 0 bridgehead atoms. The van der Waals surface area contributed by atoms with E-state index in [-0.39, 0.29) is 6.71 Å². The third-order valence-corrected chi connectivity index (χ3v) is 9.45. The van der Waals surface area contributed by atoms with E-state index >= 15 is 0 Å². The van der Waals surface area contributed by atoms with Gasteiger partial charge in [-0.05, 0) is 63.5 Å². The lowest BCUT2D eigenvalue weighted by Gasteiger charge is -2.33. The van der Waals surface area contributed by atoms with Gasteiger partial charge in [0.15, 0.2) is 0 Å². The van der Waals surface area contributed by atoms with Crippen molar-refractivity contribution in [3.8, 4) is 45.3 Å². The third-order valence-electron chi connectivity index (χ3n) is 8.23. The monoisotopic (exact) mass is 528 g/mol. The lowest BCUT2D eigenvalue weighted by atomic mass is 9.35. The number of para-hydroxylation sites is 2. The van der Waals surface area contributed by atoms with Crippen LogP contribution in [-0.4, -0.2) is 6.71 Å². The molecule has 0 spiro atoms. The Kier molecular flexibility index (Phi) is 4.61. The van der Waals surface area contributed by atoms with Gasteiger partial charge in [-0.25, -0.2) is 0 Å². The molecule has 3 heterocycles. The van der Waals surface area contributed by atoms with Crippen LogP contribution in [-0.2, 0) is 0 Å². The van der Waals surface area contributed by atoms with Gasteiger partial charge in [-0.1, -0.05) is 97.1 Å². The molecule has 9 rings (SSSR count). The van der Waals surface area contributed by atoms with Crippen molar-refractivity contribution in [2.45, 2.75) is 0 Å². The van der Waals surface area contributed by atoms with Crippen LogP contribution < -0.4 is 25.9 Å². The fraction of sp³-hybridized carbons (Fsp3) is 0. The summed E-state index contributed by atoms with van der Waals surface area (Å²) in [6.45, 7) is 0.0955. The summed E-state index contributed by atoms with van der Waals surface area (Å²) in [5.74, 6) is 3.55. The van der Waals surface area contributed by atoms with Crippen LogP contribution in [0.1, 0.15) is 0 Å². The number of ether oxygens (including phenoxy) is 2. The van der Waals surface area contributed by atoms with Gasteiger partial charge < -0.3 is 9.47 Å². The molecule has 0 fully saturated rings. The highest BCUT2D eigenvalue weighted by molar-refractivity contribution is 7.26. The number of hydrogen-bond donors (Lipinski definition) is 0. The molecule has 0 unspecified atom stereocenters. The molecular weight excluding hydrogens is 507 g/mol. The number of rotatable bonds is 2. The Morgan fingerprint density at radius 2 is 1.07 bits per heavy atom. The zero-order valence-corrected chi connectivity index (χ0v) is 22.2. The van der Waals surface area contributed by atoms with E-state index in [0.29, 0.717) is 0 Å². The fourth-order valence-electron chi connectivity index (χ4n) is 6.38. The van der Waals surface area contributed by atoms with Gasteiger partial charge in [0.1, 0.15) is 23.0 Å². The highest BCUT2D eigenvalue weighted by atomic mass is 32.1. The first kappa shape index (κ1) is 22.1. The summed E-state index contributed by atoms with van der Waals surface area (Å²) in [6.07, 6.45) is 0. The van der Waals surface area contributed by atoms with E-state index in [1.54, 1.807) is 0 Å². The summed E-state index contributed by atoms with van der Waals surface area (Å²) < 4.78 is 15.6. The molecule has 186 valence electrons. The van der Waals surface area contributed by atoms with Crippen LogP contribution in [0.25, 0.3) is 42.4 Å². The van der Waals surface area contributed by atoms with Crippen LogP contribution in [0.2, 0.25) is 0 Å². The van der Waals surface area contributed by atoms with Crippen molar-refractivity contribution < 1.29 is 9.47 Å². The predicted molar refractivity (Wildman–Crippen MR) is 168 cm³/mol. The fourth-order valence-corrected chi connectivity index (χ4v) is 7.62. The maximum Gasteiger partial charge on any atom is 0.260 e. The predicted octanol–water partition coefficient (Wildman–Crippen LogP) is 8.12. The van der Waals surface area contributed by atoms with Gasteiger partial charge in [-0.15, -0.1) is 11.3 Å². The van der Waals surface area contributed by atoms with Crippen LogP contribution in [0, 0.1) is 0 Å². The molecule has 1 aromatic heterocycles. The van der Waals surface area contributed by atoms with E-state index in [0.717, 1.165) is 39.6 Å². The highest BCUT2D eigenvalue weighted by Gasteiger charge is 2.40. The third kappa shape index (κ3) is 3.17. The van der Waals surface area contributed by atoms with Gasteiger partial charge in [-0.2, -0.15) is 0 Å². The summed E-state index contributed by atoms with van der Waals surface area (Å²) in [5.41, 5.74) is 8.17. The second-order valence-electron chi connectivity index (χ2n) is 10.5. The Bertz CT molecular complexity index is 2060. The van der Waals surface area contributed by atoms with Crippen molar-refractivity contribution >= 4 is 54.6 Å². The normalized spacial score (nSPS) is 12.8. The van der Waals surface area contributed by atoms with E-state index in [4.69, 9.17) is 9.47 Å². The van der Waals surface area contributed by atoms with Gasteiger partial charge in [0.2, 0.25) is 0 Å². The Morgan fingerprint density at radius 1 is 0.475 bits per heavy atom. The topological polar surface area (TPSA) is 18.5 Å². The Hall–Kier alpha value is -4.80. The molecule has 0 atom stereocenters. The minimum atomic E-state index is 0.0955. The lowest BCUT2D eigenvalue weighted by Crippen LogP contribution is -2.57. The Morgan fingerprint density at radius 3 is 1.80 bits per heavy atom. The summed E-state index contributed by atoms with van der Waals surface area (Å²) in [4.78, 5) is 0. The molecule has 6 aromatic carbocycles. The zero-order chi connectivity index (χ0) is 26.2. The molecule has 0 saturated carbocycles. The number of benzene rings is 6. The van der Waals surface area contributed by atoms with Crippen LogP contribution >= 0.6 is 11.3 Å². The van der Waals surface area contributed by atoms with Crippen molar-refractivity contribution in [3.05, 3.63) is 127 Å². The second kappa shape index (κ2) is 8.35. The van der Waals surface area contributed by atoms with E-state index in [1.165, 1.54) is 42.2 Å². The summed E-state index contributed by atoms with van der Waals surface area (Å²) in [6, 6.07) is 45.2. The van der Waals surface area contributed by atoms with Crippen molar-refractivity contribution in [3.63, 3.8) is 0 Å². The van der Waals surface area contributed by atoms with E-state index < -0.39 is 0 Å². The first-order valence-electron chi connectivity index (χ1n) is 13.5. The first-order valence-corrected chi connectivity index (χ1v) is 14.4. The molecule has 2 aliphatic heterocycles. The van der Waals surface area contributed by atoms with Crippen molar-refractivity contribution in [1.29, 1.82) is 0 Å². The molecule has 0 aliphatic carbocycles. The molecule has 7 aromatic rings. The van der Waals surface area contributed by atoms with Gasteiger partial charge in [0, 0.05) is 25.6 Å². The van der Waals surface area contributed by atoms with Crippen LogP contribution in [0.4, 0.5) is 0 Å². The van der Waals surface area contributed by atoms with Crippen molar-refractivity contribution in [2.24, 2.45) is 0 Å². The Labute approximate surface area is 236 Å². The molecule has 2 aliphatic rings. The van der Waals surface area contributed by atoms with Crippen LogP contribution in [0.5, 0.6) is 23.0 Å². The molecular formula is C36H21BO2S. The number of fused-ring (bicyclic) bond motifs is 7. The molecule has 4 heteroatoms. The minimum absolute atomic E-state index is 0.0955. The number of hydrogen-bond acceptors (Lipinski definition) is 3. The maximum atomic E-state index is 6.49. The van der Waals surface area contributed by atoms with Gasteiger partial charge in [0.25, 0.3) is 6.71 Å². The Balaban J connectivity index is 1.16. The largest absolute Gasteiger partial charge is 0.458 e. The van der Waals surface area contributed by atoms with Crippen molar-refractivity contribution in [2.75, 3.05) is 0 Å². The van der Waals surface area contributed by atoms with Gasteiger partial charge >= 0.3 is 0 Å². The SMILES string of the molecule is c1ccc2c(c1)Oc1cc(-c3ccc(-c4cccc5c4sc4ccccc45)cc3)cc3c1B2c1ccccc1O3. The van der Waals surface area contributed by atoms with Crippen molar-refractivity contribution in [1.82, 2.24) is 0 Å². The molecule has 0 N–H and O–H groups in total. The quantitative estimate of drug-likeness (QED) is 0.211. The smallest absolute Gasteiger partial charge is 0.260 e. The van der Waals surface area contributed by atoms with Gasteiger partial charge in [0.05, 0.1) is 0 Å². The summed E-state index contributed by atoms with van der Waals surface area (Å²) in [5, 5.41) is 2.64. The standard InChI is InChI=1S/C36H21BO2S/c1-6-15-34-26(8-1)27-10-7-9-25(36(27)40-34)23-18-16-22(17-19-23)24-20-32-35-33(21-24)39-31-14-5-3-12-29(31)37(35)28-11-2-4-13-30(28)38-32/h1-21H. The molecule has 2 nitrogen and oxygen atoms in total. The zero-order valence-electron chi connectivity index (χ0n) is 21.4. The molecule has 0 saturated heterocycles. The molecule has 0 amide bonds. The lowest BCUT2D eigenvalue weighted by molar-refractivity contribution is 0.465. The van der Waals surface area contributed by atoms with Crippen LogP contribution in [0.15, 0.2) is 127 Å². The molecule has 40 heavy (non-hydrogen) atoms. The van der Waals surface area contributed by atoms with E-state index in [2.05, 4.69) is 115 Å².